The summed E-state index contributed by atoms with van der Waals surface area (Å²) < 4.78 is 10.0. The molecule has 6 heteroatoms. The largest absolute Gasteiger partial charge is 0.497 e. The molecule has 0 unspecified atom stereocenters. The first-order valence-corrected chi connectivity index (χ1v) is 6.78. The molecule has 0 saturated carbocycles. The molecule has 0 atom stereocenters. The number of anilines is 1. The molecule has 0 aliphatic heterocycles. The van der Waals surface area contributed by atoms with Gasteiger partial charge in [-0.3, -0.25) is 4.79 Å². The number of hydrogen-bond donors (Lipinski definition) is 1. The topological polar surface area (TPSA) is 78.6 Å². The molecule has 0 heterocycles. The Morgan fingerprint density at radius 1 is 1.14 bits per heavy atom. The molecule has 2 rings (SSSR count). The van der Waals surface area contributed by atoms with Crippen LogP contribution in [0.3, 0.4) is 0 Å². The number of ether oxygens (including phenoxy) is 2. The number of esters is 1. The SMILES string of the molecule is COc1cccc(C(=O)COC(=O)c2ccc(Cl)c(N)c2)c1. The maximum absolute atomic E-state index is 12.0. The molecule has 114 valence electrons. The quantitative estimate of drug-likeness (QED) is 0.520. The third kappa shape index (κ3) is 3.77. The molecule has 0 saturated heterocycles. The van der Waals surface area contributed by atoms with E-state index in [9.17, 15) is 9.59 Å². The van der Waals surface area contributed by atoms with Gasteiger partial charge >= 0.3 is 5.97 Å². The number of carbonyl (C=O) groups excluding carboxylic acids is 2. The highest BCUT2D eigenvalue weighted by Gasteiger charge is 2.13. The molecule has 2 aromatic rings. The lowest BCUT2D eigenvalue weighted by Gasteiger charge is -2.07. The van der Waals surface area contributed by atoms with Crippen LogP contribution in [-0.4, -0.2) is 25.5 Å². The molecule has 0 amide bonds. The monoisotopic (exact) mass is 319 g/mol. The Morgan fingerprint density at radius 3 is 2.59 bits per heavy atom. The molecule has 2 N–H and O–H groups in total. The van der Waals surface area contributed by atoms with Crippen molar-refractivity contribution < 1.29 is 19.1 Å². The van der Waals surface area contributed by atoms with Crippen LogP contribution in [0.4, 0.5) is 5.69 Å². The summed E-state index contributed by atoms with van der Waals surface area (Å²) in [5.41, 5.74) is 6.53. The summed E-state index contributed by atoms with van der Waals surface area (Å²) in [5, 5.41) is 0.351. The van der Waals surface area contributed by atoms with E-state index in [4.69, 9.17) is 26.8 Å². The Bertz CT molecular complexity index is 715. The minimum Gasteiger partial charge on any atom is -0.497 e. The van der Waals surface area contributed by atoms with Crippen LogP contribution in [0.5, 0.6) is 5.75 Å². The van der Waals surface area contributed by atoms with Gasteiger partial charge in [0, 0.05) is 5.56 Å². The van der Waals surface area contributed by atoms with E-state index in [1.165, 1.54) is 25.3 Å². The molecule has 0 aliphatic rings. The van der Waals surface area contributed by atoms with E-state index in [2.05, 4.69) is 0 Å². The van der Waals surface area contributed by atoms with Crippen LogP contribution >= 0.6 is 11.6 Å². The first-order chi connectivity index (χ1) is 10.5. The Kier molecular flexibility index (Phi) is 5.01. The molecular weight excluding hydrogens is 306 g/mol. The van der Waals surface area contributed by atoms with E-state index in [0.717, 1.165) is 0 Å². The second kappa shape index (κ2) is 6.95. The zero-order chi connectivity index (χ0) is 16.1. The smallest absolute Gasteiger partial charge is 0.338 e. The third-order valence-electron chi connectivity index (χ3n) is 2.96. The van der Waals surface area contributed by atoms with Crippen molar-refractivity contribution in [2.75, 3.05) is 19.5 Å². The lowest BCUT2D eigenvalue weighted by atomic mass is 10.1. The molecule has 0 aliphatic carbocycles. The van der Waals surface area contributed by atoms with Gasteiger partial charge in [0.25, 0.3) is 0 Å². The van der Waals surface area contributed by atoms with Crippen LogP contribution in [-0.2, 0) is 4.74 Å². The predicted octanol–water partition coefficient (Wildman–Crippen LogP) is 2.97. The molecular formula is C16H14ClNO4. The van der Waals surface area contributed by atoms with Crippen LogP contribution < -0.4 is 10.5 Å². The van der Waals surface area contributed by atoms with Crippen LogP contribution in [0.25, 0.3) is 0 Å². The van der Waals surface area contributed by atoms with Crippen molar-refractivity contribution in [3.63, 3.8) is 0 Å². The predicted molar refractivity (Wildman–Crippen MR) is 83.5 cm³/mol. The van der Waals surface area contributed by atoms with E-state index in [1.54, 1.807) is 24.3 Å². The second-order valence-corrected chi connectivity index (χ2v) is 4.87. The van der Waals surface area contributed by atoms with Crippen molar-refractivity contribution in [3.8, 4) is 5.75 Å². The average Bonchev–Trinajstić information content (AvgIpc) is 2.54. The van der Waals surface area contributed by atoms with Crippen molar-refractivity contribution in [2.45, 2.75) is 0 Å². The summed E-state index contributed by atoms with van der Waals surface area (Å²) in [6.07, 6.45) is 0. The zero-order valence-corrected chi connectivity index (χ0v) is 12.6. The maximum atomic E-state index is 12.0. The van der Waals surface area contributed by atoms with Gasteiger partial charge in [0.15, 0.2) is 12.4 Å². The highest BCUT2D eigenvalue weighted by atomic mass is 35.5. The van der Waals surface area contributed by atoms with E-state index in [1.807, 2.05) is 0 Å². The minimum absolute atomic E-state index is 0.236. The van der Waals surface area contributed by atoms with Gasteiger partial charge in [0.1, 0.15) is 5.75 Å². The fourth-order valence-corrected chi connectivity index (χ4v) is 1.88. The van der Waals surface area contributed by atoms with Crippen molar-refractivity contribution in [2.24, 2.45) is 0 Å². The molecule has 0 spiro atoms. The van der Waals surface area contributed by atoms with Gasteiger partial charge in [-0.15, -0.1) is 0 Å². The van der Waals surface area contributed by atoms with Crippen LogP contribution in [0, 0.1) is 0 Å². The van der Waals surface area contributed by atoms with Gasteiger partial charge in [0.05, 0.1) is 23.4 Å². The van der Waals surface area contributed by atoms with Gasteiger partial charge in [-0.2, -0.15) is 0 Å². The fraction of sp³-hybridized carbons (Fsp3) is 0.125. The van der Waals surface area contributed by atoms with Gasteiger partial charge in [0.2, 0.25) is 0 Å². The summed E-state index contributed by atoms with van der Waals surface area (Å²) in [7, 11) is 1.51. The molecule has 0 aromatic heterocycles. The van der Waals surface area contributed by atoms with Crippen LogP contribution in [0.1, 0.15) is 20.7 Å². The van der Waals surface area contributed by atoms with E-state index < -0.39 is 5.97 Å². The van der Waals surface area contributed by atoms with Gasteiger partial charge in [-0.25, -0.2) is 4.79 Å². The zero-order valence-electron chi connectivity index (χ0n) is 11.8. The first-order valence-electron chi connectivity index (χ1n) is 6.40. The summed E-state index contributed by atoms with van der Waals surface area (Å²) in [5.74, 6) is -0.406. The number of hydrogen-bond acceptors (Lipinski definition) is 5. The van der Waals surface area contributed by atoms with Crippen molar-refractivity contribution in [1.29, 1.82) is 0 Å². The lowest BCUT2D eigenvalue weighted by Crippen LogP contribution is -2.14. The Labute approximate surface area is 132 Å². The number of Topliss-reactive ketones (excluding diaryl/α,β-unsaturated/α-hetero) is 1. The van der Waals surface area contributed by atoms with Gasteiger partial charge < -0.3 is 15.2 Å². The van der Waals surface area contributed by atoms with E-state index >= 15 is 0 Å². The normalized spacial score (nSPS) is 10.1. The number of halogens is 1. The summed E-state index contributed by atoms with van der Waals surface area (Å²) in [6.45, 7) is -0.367. The van der Waals surface area contributed by atoms with E-state index in [-0.39, 0.29) is 23.6 Å². The van der Waals surface area contributed by atoms with Crippen LogP contribution in [0.15, 0.2) is 42.5 Å². The van der Waals surface area contributed by atoms with Crippen molar-refractivity contribution in [1.82, 2.24) is 0 Å². The second-order valence-electron chi connectivity index (χ2n) is 4.47. The number of benzene rings is 2. The summed E-state index contributed by atoms with van der Waals surface area (Å²) in [4.78, 5) is 23.9. The first kappa shape index (κ1) is 15.9. The number of rotatable bonds is 5. The van der Waals surface area contributed by atoms with Crippen molar-refractivity contribution >= 4 is 29.0 Å². The fourth-order valence-electron chi connectivity index (χ4n) is 1.76. The Hall–Kier alpha value is -2.53. The number of nitrogens with two attached hydrogens (primary N) is 1. The number of methoxy groups -OCH3 is 1. The maximum Gasteiger partial charge on any atom is 0.338 e. The van der Waals surface area contributed by atoms with E-state index in [0.29, 0.717) is 16.3 Å². The summed E-state index contributed by atoms with van der Waals surface area (Å²) in [6, 6.07) is 11.0. The molecule has 0 radical (unpaired) electrons. The Balaban J connectivity index is 2.00. The number of nitrogen functional groups attached to an aromatic ring is 1. The number of ketones is 1. The third-order valence-corrected chi connectivity index (χ3v) is 3.30. The number of carbonyl (C=O) groups is 2. The molecule has 5 nitrogen and oxygen atoms in total. The van der Waals surface area contributed by atoms with Crippen LogP contribution in [0.2, 0.25) is 5.02 Å². The molecule has 2 aromatic carbocycles. The van der Waals surface area contributed by atoms with Crippen molar-refractivity contribution in [3.05, 3.63) is 58.6 Å². The highest BCUT2D eigenvalue weighted by Crippen LogP contribution is 2.20. The standard InChI is InChI=1S/C16H14ClNO4/c1-21-12-4-2-3-10(7-12)15(19)9-22-16(20)11-5-6-13(17)14(18)8-11/h2-8H,9,18H2,1H3. The Morgan fingerprint density at radius 2 is 1.91 bits per heavy atom. The minimum atomic E-state index is -0.639. The summed E-state index contributed by atoms with van der Waals surface area (Å²) >= 11 is 5.78. The van der Waals surface area contributed by atoms with Gasteiger partial charge in [-0.05, 0) is 30.3 Å². The molecule has 22 heavy (non-hydrogen) atoms. The highest BCUT2D eigenvalue weighted by molar-refractivity contribution is 6.33. The van der Waals surface area contributed by atoms with Gasteiger partial charge in [-0.1, -0.05) is 23.7 Å². The lowest BCUT2D eigenvalue weighted by molar-refractivity contribution is 0.0475. The average molecular weight is 320 g/mol. The molecule has 0 fully saturated rings. The molecule has 0 bridgehead atoms.